The maximum absolute atomic E-state index is 12.3. The number of benzene rings is 3. The Morgan fingerprint density at radius 3 is 2.35 bits per heavy atom. The summed E-state index contributed by atoms with van der Waals surface area (Å²) in [6.07, 6.45) is 3.21. The number of imidazole rings is 1. The summed E-state index contributed by atoms with van der Waals surface area (Å²) >= 11 is 0. The molecule has 0 saturated heterocycles. The molecule has 2 heterocycles. The Kier molecular flexibility index (Phi) is 4.77. The number of pyridine rings is 1. The number of hydrogen-bond acceptors (Lipinski definition) is 3. The number of amides is 1. The Morgan fingerprint density at radius 2 is 1.58 bits per heavy atom. The SMILES string of the molecule is Cc1cccc2[nH]c(-c3cccc(-c4ccc(NC(=O)c5ccncc5)cc4)c3)nc12. The average Bonchev–Trinajstić information content (AvgIpc) is 3.26. The van der Waals surface area contributed by atoms with Gasteiger partial charge in [0.1, 0.15) is 5.82 Å². The fourth-order valence-electron chi connectivity index (χ4n) is 3.61. The highest BCUT2D eigenvalue weighted by atomic mass is 16.1. The van der Waals surface area contributed by atoms with Crippen LogP contribution in [0.4, 0.5) is 5.69 Å². The molecule has 0 aliphatic rings. The smallest absolute Gasteiger partial charge is 0.255 e. The van der Waals surface area contributed by atoms with E-state index in [0.717, 1.165) is 44.8 Å². The minimum absolute atomic E-state index is 0.155. The predicted octanol–water partition coefficient (Wildman–Crippen LogP) is 5.85. The molecule has 5 nitrogen and oxygen atoms in total. The number of aryl methyl sites for hydroxylation is 1. The highest BCUT2D eigenvalue weighted by molar-refractivity contribution is 6.04. The van der Waals surface area contributed by atoms with E-state index in [0.29, 0.717) is 5.56 Å². The molecule has 5 rings (SSSR count). The summed E-state index contributed by atoms with van der Waals surface area (Å²) in [6.45, 7) is 2.07. The summed E-state index contributed by atoms with van der Waals surface area (Å²) < 4.78 is 0. The van der Waals surface area contributed by atoms with Crippen LogP contribution in [0.1, 0.15) is 15.9 Å². The summed E-state index contributed by atoms with van der Waals surface area (Å²) in [5, 5.41) is 2.91. The van der Waals surface area contributed by atoms with Crippen molar-refractivity contribution >= 4 is 22.6 Å². The van der Waals surface area contributed by atoms with Gasteiger partial charge >= 0.3 is 0 Å². The zero-order valence-electron chi connectivity index (χ0n) is 17.0. The largest absolute Gasteiger partial charge is 0.338 e. The fraction of sp³-hybridized carbons (Fsp3) is 0.0385. The van der Waals surface area contributed by atoms with Crippen molar-refractivity contribution in [1.29, 1.82) is 0 Å². The Bertz CT molecular complexity index is 1370. The second-order valence-electron chi connectivity index (χ2n) is 7.40. The van der Waals surface area contributed by atoms with E-state index in [1.165, 1.54) is 0 Å². The minimum atomic E-state index is -0.155. The molecular weight excluding hydrogens is 384 g/mol. The number of carbonyl (C=O) groups excluding carboxylic acids is 1. The molecular formula is C26H20N4O. The van der Waals surface area contributed by atoms with Gasteiger partial charge in [-0.15, -0.1) is 0 Å². The number of anilines is 1. The number of aromatic amines is 1. The van der Waals surface area contributed by atoms with Crippen LogP contribution in [0.15, 0.2) is 91.3 Å². The van der Waals surface area contributed by atoms with E-state index in [1.807, 2.05) is 42.5 Å². The first-order valence-corrected chi connectivity index (χ1v) is 10.0. The van der Waals surface area contributed by atoms with Crippen molar-refractivity contribution in [3.8, 4) is 22.5 Å². The quantitative estimate of drug-likeness (QED) is 0.394. The molecule has 2 aromatic heterocycles. The average molecular weight is 404 g/mol. The van der Waals surface area contributed by atoms with Gasteiger partial charge in [-0.3, -0.25) is 9.78 Å². The second-order valence-corrected chi connectivity index (χ2v) is 7.40. The molecule has 0 spiro atoms. The van der Waals surface area contributed by atoms with Crippen LogP contribution in [0, 0.1) is 6.92 Å². The number of hydrogen-bond donors (Lipinski definition) is 2. The summed E-state index contributed by atoms with van der Waals surface area (Å²) in [5.41, 5.74) is 7.69. The van der Waals surface area contributed by atoms with Crippen LogP contribution in [0.3, 0.4) is 0 Å². The zero-order valence-corrected chi connectivity index (χ0v) is 17.0. The number of aromatic nitrogens is 3. The van der Waals surface area contributed by atoms with E-state index >= 15 is 0 Å². The maximum atomic E-state index is 12.3. The van der Waals surface area contributed by atoms with Gasteiger partial charge in [-0.1, -0.05) is 42.5 Å². The Hall–Kier alpha value is -4.25. The van der Waals surface area contributed by atoms with Crippen LogP contribution in [0.5, 0.6) is 0 Å². The van der Waals surface area contributed by atoms with E-state index < -0.39 is 0 Å². The molecule has 0 aliphatic carbocycles. The lowest BCUT2D eigenvalue weighted by Crippen LogP contribution is -2.11. The van der Waals surface area contributed by atoms with Gasteiger partial charge in [-0.05, 0) is 60.0 Å². The molecule has 0 atom stereocenters. The van der Waals surface area contributed by atoms with E-state index in [4.69, 9.17) is 4.98 Å². The third-order valence-electron chi connectivity index (χ3n) is 5.27. The van der Waals surface area contributed by atoms with Crippen LogP contribution >= 0.6 is 0 Å². The van der Waals surface area contributed by atoms with Crippen LogP contribution in [-0.2, 0) is 0 Å². The molecule has 0 bridgehead atoms. The molecule has 31 heavy (non-hydrogen) atoms. The normalized spacial score (nSPS) is 10.9. The number of nitrogens with one attached hydrogen (secondary N) is 2. The lowest BCUT2D eigenvalue weighted by atomic mass is 10.0. The summed E-state index contributed by atoms with van der Waals surface area (Å²) in [4.78, 5) is 24.5. The third kappa shape index (κ3) is 3.81. The highest BCUT2D eigenvalue weighted by Gasteiger charge is 2.09. The maximum Gasteiger partial charge on any atom is 0.255 e. The van der Waals surface area contributed by atoms with E-state index in [2.05, 4.69) is 46.5 Å². The summed E-state index contributed by atoms with van der Waals surface area (Å²) in [7, 11) is 0. The molecule has 150 valence electrons. The van der Waals surface area contributed by atoms with Crippen molar-refractivity contribution in [2.75, 3.05) is 5.32 Å². The summed E-state index contributed by atoms with van der Waals surface area (Å²) in [5.74, 6) is 0.699. The molecule has 0 unspecified atom stereocenters. The van der Waals surface area contributed by atoms with Crippen LogP contribution in [0.2, 0.25) is 0 Å². The van der Waals surface area contributed by atoms with Crippen molar-refractivity contribution in [2.45, 2.75) is 6.92 Å². The molecule has 5 heteroatoms. The number of nitrogens with zero attached hydrogens (tertiary/aromatic N) is 2. The Labute approximate surface area is 179 Å². The Balaban J connectivity index is 1.39. The van der Waals surface area contributed by atoms with Crippen molar-refractivity contribution in [2.24, 2.45) is 0 Å². The first kappa shape index (κ1) is 18.8. The van der Waals surface area contributed by atoms with Crippen LogP contribution in [0.25, 0.3) is 33.5 Å². The van der Waals surface area contributed by atoms with Crippen LogP contribution < -0.4 is 5.32 Å². The molecule has 0 aliphatic heterocycles. The van der Waals surface area contributed by atoms with Crippen molar-refractivity contribution < 1.29 is 4.79 Å². The van der Waals surface area contributed by atoms with Gasteiger partial charge in [0.2, 0.25) is 0 Å². The van der Waals surface area contributed by atoms with Gasteiger partial charge in [0.15, 0.2) is 0 Å². The Morgan fingerprint density at radius 1 is 0.839 bits per heavy atom. The number of fused-ring (bicyclic) bond motifs is 1. The molecule has 2 N–H and O–H groups in total. The highest BCUT2D eigenvalue weighted by Crippen LogP contribution is 2.28. The number of H-pyrrole nitrogens is 1. The molecule has 3 aromatic carbocycles. The fourth-order valence-corrected chi connectivity index (χ4v) is 3.61. The first-order valence-electron chi connectivity index (χ1n) is 10.0. The topological polar surface area (TPSA) is 70.7 Å². The monoisotopic (exact) mass is 404 g/mol. The first-order chi connectivity index (χ1) is 15.2. The molecule has 5 aromatic rings. The second kappa shape index (κ2) is 7.88. The van der Waals surface area contributed by atoms with E-state index in [-0.39, 0.29) is 5.91 Å². The van der Waals surface area contributed by atoms with Gasteiger partial charge in [-0.25, -0.2) is 4.98 Å². The van der Waals surface area contributed by atoms with Crippen molar-refractivity contribution in [1.82, 2.24) is 15.0 Å². The third-order valence-corrected chi connectivity index (χ3v) is 5.27. The number of carbonyl (C=O) groups is 1. The summed E-state index contributed by atoms with van der Waals surface area (Å²) in [6, 6.07) is 25.6. The van der Waals surface area contributed by atoms with E-state index in [9.17, 15) is 4.79 Å². The van der Waals surface area contributed by atoms with Gasteiger partial charge in [-0.2, -0.15) is 0 Å². The lowest BCUT2D eigenvalue weighted by molar-refractivity contribution is 0.102. The van der Waals surface area contributed by atoms with Gasteiger partial charge < -0.3 is 10.3 Å². The standard InChI is InChI=1S/C26H20N4O/c1-17-4-2-7-23-24(17)30-25(29-23)21-6-3-5-20(16-21)18-8-10-22(11-9-18)28-26(31)19-12-14-27-15-13-19/h2-16H,1H3,(H,28,31)(H,29,30). The molecule has 0 saturated carbocycles. The van der Waals surface area contributed by atoms with Gasteiger partial charge in [0.25, 0.3) is 5.91 Å². The van der Waals surface area contributed by atoms with Gasteiger partial charge in [0.05, 0.1) is 11.0 Å². The molecule has 0 fully saturated rings. The minimum Gasteiger partial charge on any atom is -0.338 e. The molecule has 0 radical (unpaired) electrons. The van der Waals surface area contributed by atoms with E-state index in [1.54, 1.807) is 24.5 Å². The molecule has 1 amide bonds. The number of rotatable bonds is 4. The van der Waals surface area contributed by atoms with Gasteiger partial charge in [0, 0.05) is 29.2 Å². The predicted molar refractivity (Wildman–Crippen MR) is 124 cm³/mol. The van der Waals surface area contributed by atoms with Crippen molar-refractivity contribution in [3.63, 3.8) is 0 Å². The van der Waals surface area contributed by atoms with Crippen molar-refractivity contribution in [3.05, 3.63) is 102 Å². The zero-order chi connectivity index (χ0) is 21.2. The van der Waals surface area contributed by atoms with Crippen LogP contribution in [-0.4, -0.2) is 20.9 Å². The number of para-hydroxylation sites is 1. The lowest BCUT2D eigenvalue weighted by Gasteiger charge is -2.08.